The smallest absolute Gasteiger partial charge is 0.356 e. The first kappa shape index (κ1) is 11.0. The Bertz CT molecular complexity index is 561. The van der Waals surface area contributed by atoms with E-state index in [0.29, 0.717) is 11.3 Å². The predicted octanol–water partition coefficient (Wildman–Crippen LogP) is 2.57. The summed E-state index contributed by atoms with van der Waals surface area (Å²) in [6, 6.07) is 10.8. The van der Waals surface area contributed by atoms with Gasteiger partial charge in [0.05, 0.1) is 6.07 Å². The number of benzene rings is 2. The molecular formula is C13H11O4+. The molecule has 0 unspecified atom stereocenters. The normalized spacial score (nSPS) is 10.8. The molecule has 0 aromatic heterocycles. The molecule has 0 atom stereocenters. The Morgan fingerprint density at radius 1 is 0.824 bits per heavy atom. The van der Waals surface area contributed by atoms with Crippen molar-refractivity contribution in [1.82, 2.24) is 0 Å². The molecule has 2 rings (SSSR count). The van der Waals surface area contributed by atoms with E-state index in [1.54, 1.807) is 24.3 Å². The lowest BCUT2D eigenvalue weighted by atomic mass is 10.2. The van der Waals surface area contributed by atoms with E-state index in [9.17, 15) is 10.2 Å². The van der Waals surface area contributed by atoms with Crippen LogP contribution < -0.4 is 0 Å². The van der Waals surface area contributed by atoms with Gasteiger partial charge in [-0.2, -0.15) is 0 Å². The number of carbonyl (C=O) groups excluding carboxylic acids is 1. The van der Waals surface area contributed by atoms with Crippen LogP contribution in [0.1, 0.15) is 9.99 Å². The largest absolute Gasteiger partial charge is 0.507 e. The van der Waals surface area contributed by atoms with Gasteiger partial charge < -0.3 is 15.3 Å². The summed E-state index contributed by atoms with van der Waals surface area (Å²) in [5.41, 5.74) is 0.528. The van der Waals surface area contributed by atoms with Gasteiger partial charge in [0.15, 0.2) is 11.5 Å². The highest BCUT2D eigenvalue weighted by molar-refractivity contribution is 5.79. The molecule has 0 aliphatic rings. The minimum atomic E-state index is -0.256. The molecule has 2 aromatic carbocycles. The van der Waals surface area contributed by atoms with Gasteiger partial charge in [0.2, 0.25) is 0 Å². The van der Waals surface area contributed by atoms with Crippen LogP contribution in [0.5, 0.6) is 23.0 Å². The minimum Gasteiger partial charge on any atom is -0.507 e. The van der Waals surface area contributed by atoms with E-state index in [1.165, 1.54) is 24.5 Å². The Kier molecular flexibility index (Phi) is 2.96. The average molecular weight is 231 g/mol. The lowest BCUT2D eigenvalue weighted by molar-refractivity contribution is -0.159. The number of aromatic hydroxyl groups is 3. The summed E-state index contributed by atoms with van der Waals surface area (Å²) in [4.78, 5) is 0. The third-order valence-electron chi connectivity index (χ3n) is 2.21. The molecule has 3 N–H and O–H groups in total. The molecule has 0 aliphatic heterocycles. The number of hydrogen-bond acceptors (Lipinski definition) is 3. The average Bonchev–Trinajstić information content (AvgIpc) is 2.32. The fourth-order valence-electron chi connectivity index (χ4n) is 1.30. The number of phenolic OH excluding ortho intramolecular Hbond substituents is 3. The number of rotatable bonds is 2. The van der Waals surface area contributed by atoms with E-state index in [-0.39, 0.29) is 17.2 Å². The van der Waals surface area contributed by atoms with Crippen LogP contribution in [0.25, 0.3) is 0 Å². The van der Waals surface area contributed by atoms with Gasteiger partial charge in [0, 0.05) is 6.07 Å². The first-order valence-electron chi connectivity index (χ1n) is 4.96. The third-order valence-corrected chi connectivity index (χ3v) is 2.21. The van der Waals surface area contributed by atoms with Gasteiger partial charge in [-0.05, 0) is 18.2 Å². The van der Waals surface area contributed by atoms with Gasteiger partial charge >= 0.3 is 12.0 Å². The van der Waals surface area contributed by atoms with Crippen molar-refractivity contribution in [3.63, 3.8) is 0 Å². The number of hydrogen-bond donors (Lipinski definition) is 3. The second kappa shape index (κ2) is 4.57. The maximum absolute atomic E-state index is 9.49. The van der Waals surface area contributed by atoms with Crippen molar-refractivity contribution in [2.75, 3.05) is 0 Å². The third kappa shape index (κ3) is 2.55. The highest BCUT2D eigenvalue weighted by Gasteiger charge is 2.08. The van der Waals surface area contributed by atoms with Crippen molar-refractivity contribution in [3.05, 3.63) is 48.0 Å². The van der Waals surface area contributed by atoms with Crippen LogP contribution in [0.2, 0.25) is 0 Å². The van der Waals surface area contributed by atoms with Crippen molar-refractivity contribution >= 4 is 6.29 Å². The van der Waals surface area contributed by atoms with E-state index in [2.05, 4.69) is 0 Å². The number of phenols is 3. The molecule has 4 nitrogen and oxygen atoms in total. The predicted molar refractivity (Wildman–Crippen MR) is 62.7 cm³/mol. The molecule has 0 amide bonds. The molecule has 17 heavy (non-hydrogen) atoms. The van der Waals surface area contributed by atoms with Crippen LogP contribution in [0.15, 0.2) is 42.5 Å². The minimum absolute atomic E-state index is 0.107. The Labute approximate surface area is 97.7 Å². The molecule has 0 bridgehead atoms. The fourth-order valence-corrected chi connectivity index (χ4v) is 1.30. The van der Waals surface area contributed by atoms with Gasteiger partial charge in [-0.25, -0.2) is 4.42 Å². The lowest BCUT2D eigenvalue weighted by Crippen LogP contribution is -1.80. The summed E-state index contributed by atoms with van der Waals surface area (Å²) >= 11 is 0. The first-order valence-corrected chi connectivity index (χ1v) is 4.96. The zero-order valence-electron chi connectivity index (χ0n) is 8.87. The molecule has 86 valence electrons. The lowest BCUT2D eigenvalue weighted by Gasteiger charge is -1.93. The highest BCUT2D eigenvalue weighted by Crippen LogP contribution is 2.29. The van der Waals surface area contributed by atoms with Crippen LogP contribution in [0.4, 0.5) is 0 Å². The summed E-state index contributed by atoms with van der Waals surface area (Å²) in [6.45, 7) is 0. The quantitative estimate of drug-likeness (QED) is 0.422. The molecule has 0 radical (unpaired) electrons. The maximum Gasteiger partial charge on any atom is 0.356 e. The summed E-state index contributed by atoms with van der Waals surface area (Å²) in [6.07, 6.45) is 1.36. The Hall–Kier alpha value is -2.49. The molecule has 2 aromatic rings. The Morgan fingerprint density at radius 3 is 2.29 bits per heavy atom. The van der Waals surface area contributed by atoms with Crippen molar-refractivity contribution < 1.29 is 19.7 Å². The van der Waals surface area contributed by atoms with Crippen LogP contribution in [-0.4, -0.2) is 21.6 Å². The van der Waals surface area contributed by atoms with Gasteiger partial charge in [0.1, 0.15) is 11.3 Å². The second-order valence-electron chi connectivity index (χ2n) is 3.45. The molecule has 0 fully saturated rings. The van der Waals surface area contributed by atoms with Crippen molar-refractivity contribution in [1.29, 1.82) is 0 Å². The van der Waals surface area contributed by atoms with Crippen LogP contribution >= 0.6 is 0 Å². The van der Waals surface area contributed by atoms with E-state index >= 15 is 0 Å². The number of para-hydroxylation sites is 1. The van der Waals surface area contributed by atoms with E-state index in [0.717, 1.165) is 0 Å². The van der Waals surface area contributed by atoms with Crippen LogP contribution in [0.3, 0.4) is 0 Å². The van der Waals surface area contributed by atoms with Crippen molar-refractivity contribution in [2.45, 2.75) is 0 Å². The molecule has 0 saturated heterocycles. The standard InChI is InChI=1S/C13H10O4/c14-11-4-2-1-3-9(11)8-17-10-5-6-12(15)13(16)7-10/h1-8H,(H2-,14,15,16)/p+1. The molecular weight excluding hydrogens is 220 g/mol. The molecule has 0 spiro atoms. The van der Waals surface area contributed by atoms with Crippen molar-refractivity contribution in [2.24, 2.45) is 0 Å². The summed E-state index contributed by atoms with van der Waals surface area (Å²) in [5, 5.41) is 27.9. The summed E-state index contributed by atoms with van der Waals surface area (Å²) in [5.74, 6) is 0.00662. The zero-order valence-corrected chi connectivity index (χ0v) is 8.87. The monoisotopic (exact) mass is 231 g/mol. The molecule has 0 aliphatic carbocycles. The SMILES string of the molecule is Oc1ccc([O+]=Cc2ccccc2O)cc1O. The van der Waals surface area contributed by atoms with Gasteiger partial charge in [-0.15, -0.1) is 0 Å². The van der Waals surface area contributed by atoms with E-state index in [1.807, 2.05) is 0 Å². The summed E-state index contributed by atoms with van der Waals surface area (Å²) in [7, 11) is 0. The van der Waals surface area contributed by atoms with Gasteiger partial charge in [-0.3, -0.25) is 0 Å². The van der Waals surface area contributed by atoms with Gasteiger partial charge in [-0.1, -0.05) is 12.1 Å². The number of aldehydes is 1. The molecule has 4 heteroatoms. The van der Waals surface area contributed by atoms with Crippen molar-refractivity contribution in [3.8, 4) is 23.0 Å². The molecule has 0 heterocycles. The Balaban J connectivity index is 2.26. The van der Waals surface area contributed by atoms with Crippen LogP contribution in [0, 0.1) is 0 Å². The van der Waals surface area contributed by atoms with Crippen LogP contribution in [-0.2, 0) is 0 Å². The van der Waals surface area contributed by atoms with E-state index < -0.39 is 0 Å². The zero-order chi connectivity index (χ0) is 12.3. The first-order chi connectivity index (χ1) is 8.16. The second-order valence-corrected chi connectivity index (χ2v) is 3.45. The van der Waals surface area contributed by atoms with Gasteiger partial charge in [0.25, 0.3) is 0 Å². The van der Waals surface area contributed by atoms with E-state index in [4.69, 9.17) is 9.53 Å². The molecule has 0 saturated carbocycles. The summed E-state index contributed by atoms with van der Waals surface area (Å²) < 4.78 is 5.25. The Morgan fingerprint density at radius 2 is 1.59 bits per heavy atom. The topological polar surface area (TPSA) is 72.0 Å². The highest BCUT2D eigenvalue weighted by atomic mass is 16.4. The maximum atomic E-state index is 9.49. The fraction of sp³-hybridized carbons (Fsp3) is 0.